The van der Waals surface area contributed by atoms with Gasteiger partial charge in [-0.25, -0.2) is 0 Å². The number of hydrogen-bond acceptors (Lipinski definition) is 5. The van der Waals surface area contributed by atoms with E-state index in [4.69, 9.17) is 0 Å². The molecule has 1 saturated carbocycles. The second-order valence-electron chi connectivity index (χ2n) is 6.19. The van der Waals surface area contributed by atoms with Gasteiger partial charge in [0.2, 0.25) is 5.91 Å². The number of aromatic nitrogens is 4. The summed E-state index contributed by atoms with van der Waals surface area (Å²) >= 11 is 1.46. The highest BCUT2D eigenvalue weighted by Crippen LogP contribution is 2.40. The molecule has 1 aliphatic rings. The molecule has 6 nitrogen and oxygen atoms in total. The third kappa shape index (κ3) is 4.14. The molecule has 1 amide bonds. The van der Waals surface area contributed by atoms with Crippen molar-refractivity contribution >= 4 is 17.7 Å². The second-order valence-corrected chi connectivity index (χ2v) is 7.13. The predicted molar refractivity (Wildman–Crippen MR) is 94.8 cm³/mol. The van der Waals surface area contributed by atoms with E-state index in [-0.39, 0.29) is 11.9 Å². The van der Waals surface area contributed by atoms with Crippen LogP contribution >= 0.6 is 11.8 Å². The van der Waals surface area contributed by atoms with Crippen molar-refractivity contribution in [3.8, 4) is 11.4 Å². The van der Waals surface area contributed by atoms with Gasteiger partial charge < -0.3 is 5.32 Å². The first kappa shape index (κ1) is 17.0. The lowest BCUT2D eigenvalue weighted by molar-refractivity contribution is -0.119. The molecule has 0 aliphatic heterocycles. The lowest BCUT2D eigenvalue weighted by Gasteiger charge is -2.12. The van der Waals surface area contributed by atoms with Crippen LogP contribution in [0.2, 0.25) is 0 Å². The van der Waals surface area contributed by atoms with Gasteiger partial charge in [-0.05, 0) is 38.3 Å². The zero-order valence-electron chi connectivity index (χ0n) is 14.1. The number of nitrogens with one attached hydrogen (secondary N) is 1. The molecule has 0 radical (unpaired) electrons. The Morgan fingerprint density at radius 3 is 2.79 bits per heavy atom. The summed E-state index contributed by atoms with van der Waals surface area (Å²) in [6.45, 7) is 4.16. The van der Waals surface area contributed by atoms with E-state index in [1.54, 1.807) is 12.4 Å². The van der Waals surface area contributed by atoms with E-state index >= 15 is 0 Å². The number of amides is 1. The number of rotatable bonds is 8. The van der Waals surface area contributed by atoms with Gasteiger partial charge in [0.05, 0.1) is 5.75 Å². The van der Waals surface area contributed by atoms with E-state index in [2.05, 4.69) is 32.0 Å². The Hall–Kier alpha value is -1.89. The van der Waals surface area contributed by atoms with Crippen LogP contribution < -0.4 is 5.32 Å². The Morgan fingerprint density at radius 2 is 2.12 bits per heavy atom. The zero-order chi connectivity index (χ0) is 16.9. The quantitative estimate of drug-likeness (QED) is 0.744. The number of nitrogens with zero attached hydrogens (tertiary/aromatic N) is 4. The van der Waals surface area contributed by atoms with Crippen LogP contribution in [0.15, 0.2) is 29.7 Å². The molecule has 2 aromatic rings. The van der Waals surface area contributed by atoms with Gasteiger partial charge in [0.25, 0.3) is 0 Å². The summed E-state index contributed by atoms with van der Waals surface area (Å²) in [5.74, 6) is 1.29. The molecular weight excluding hydrogens is 322 g/mol. The Balaban J connectivity index is 1.68. The normalized spacial score (nSPS) is 15.2. The third-order valence-corrected chi connectivity index (χ3v) is 4.92. The van der Waals surface area contributed by atoms with E-state index in [0.717, 1.165) is 42.2 Å². The Morgan fingerprint density at radius 1 is 1.38 bits per heavy atom. The van der Waals surface area contributed by atoms with Crippen LogP contribution in [0.5, 0.6) is 0 Å². The van der Waals surface area contributed by atoms with Gasteiger partial charge in [-0.15, -0.1) is 10.2 Å². The van der Waals surface area contributed by atoms with E-state index < -0.39 is 0 Å². The molecule has 1 N–H and O–H groups in total. The molecule has 0 spiro atoms. The summed E-state index contributed by atoms with van der Waals surface area (Å²) < 4.78 is 2.17. The summed E-state index contributed by atoms with van der Waals surface area (Å²) in [7, 11) is 0. The molecule has 0 saturated heterocycles. The van der Waals surface area contributed by atoms with Crippen LogP contribution in [0.1, 0.15) is 45.6 Å². The largest absolute Gasteiger partial charge is 0.353 e. The van der Waals surface area contributed by atoms with Gasteiger partial charge >= 0.3 is 0 Å². The van der Waals surface area contributed by atoms with Crippen LogP contribution in [-0.4, -0.2) is 37.5 Å². The van der Waals surface area contributed by atoms with Gasteiger partial charge in [0.15, 0.2) is 11.0 Å². The molecule has 1 aliphatic carbocycles. The topological polar surface area (TPSA) is 72.7 Å². The van der Waals surface area contributed by atoms with Crippen molar-refractivity contribution in [2.24, 2.45) is 0 Å². The molecule has 1 fully saturated rings. The lowest BCUT2D eigenvalue weighted by Crippen LogP contribution is -2.33. The van der Waals surface area contributed by atoms with E-state index in [1.165, 1.54) is 11.8 Å². The van der Waals surface area contributed by atoms with E-state index in [1.807, 2.05) is 19.1 Å². The summed E-state index contributed by atoms with van der Waals surface area (Å²) in [6.07, 6.45) is 7.88. The first-order chi connectivity index (χ1) is 11.7. The van der Waals surface area contributed by atoms with Gasteiger partial charge in [0.1, 0.15) is 0 Å². The Kier molecular flexibility index (Phi) is 5.50. The zero-order valence-corrected chi connectivity index (χ0v) is 14.9. The average molecular weight is 345 g/mol. The number of carbonyl (C=O) groups excluding carboxylic acids is 1. The fourth-order valence-electron chi connectivity index (χ4n) is 2.69. The minimum Gasteiger partial charge on any atom is -0.353 e. The monoisotopic (exact) mass is 345 g/mol. The van der Waals surface area contributed by atoms with Gasteiger partial charge in [-0.2, -0.15) is 0 Å². The Bertz CT molecular complexity index is 684. The second kappa shape index (κ2) is 7.79. The smallest absolute Gasteiger partial charge is 0.230 e. The van der Waals surface area contributed by atoms with E-state index in [9.17, 15) is 4.79 Å². The van der Waals surface area contributed by atoms with Crippen molar-refractivity contribution < 1.29 is 4.79 Å². The molecule has 24 heavy (non-hydrogen) atoms. The van der Waals surface area contributed by atoms with Crippen LogP contribution in [0.4, 0.5) is 0 Å². The number of thioether (sulfide) groups is 1. The molecule has 0 bridgehead atoms. The predicted octanol–water partition coefficient (Wildman–Crippen LogP) is 3.07. The van der Waals surface area contributed by atoms with Crippen molar-refractivity contribution in [1.29, 1.82) is 0 Å². The lowest BCUT2D eigenvalue weighted by atomic mass is 10.2. The maximum atomic E-state index is 12.1. The van der Waals surface area contributed by atoms with Crippen LogP contribution in [-0.2, 0) is 4.79 Å². The highest BCUT2D eigenvalue weighted by molar-refractivity contribution is 7.99. The Labute approximate surface area is 146 Å². The molecule has 1 atom stereocenters. The van der Waals surface area contributed by atoms with Gasteiger partial charge in [-0.1, -0.05) is 25.1 Å². The van der Waals surface area contributed by atoms with Gasteiger partial charge in [-0.3, -0.25) is 14.3 Å². The maximum Gasteiger partial charge on any atom is 0.230 e. The molecule has 2 aromatic heterocycles. The van der Waals surface area contributed by atoms with E-state index in [0.29, 0.717) is 11.8 Å². The molecule has 0 aromatic carbocycles. The minimum atomic E-state index is 0.0526. The summed E-state index contributed by atoms with van der Waals surface area (Å²) in [4.78, 5) is 16.1. The van der Waals surface area contributed by atoms with Crippen LogP contribution in [0, 0.1) is 0 Å². The van der Waals surface area contributed by atoms with Gasteiger partial charge in [0, 0.05) is 30.0 Å². The SMILES string of the molecule is CCC[C@H](C)NC(=O)CSc1nnc(-c2ccncc2)n1C1CC1. The first-order valence-electron chi connectivity index (χ1n) is 8.46. The van der Waals surface area contributed by atoms with Crippen LogP contribution in [0.25, 0.3) is 11.4 Å². The summed E-state index contributed by atoms with van der Waals surface area (Å²) in [5.41, 5.74) is 1.01. The number of hydrogen-bond donors (Lipinski definition) is 1. The standard InChI is InChI=1S/C17H23N5OS/c1-3-4-12(2)19-15(23)11-24-17-21-20-16(22(17)14-5-6-14)13-7-9-18-10-8-13/h7-10,12,14H,3-6,11H2,1-2H3,(H,19,23)/t12-/m0/s1. The van der Waals surface area contributed by atoms with Crippen molar-refractivity contribution in [3.63, 3.8) is 0 Å². The first-order valence-corrected chi connectivity index (χ1v) is 9.45. The molecule has 7 heteroatoms. The molecule has 2 heterocycles. The fraction of sp³-hybridized carbons (Fsp3) is 0.529. The summed E-state index contributed by atoms with van der Waals surface area (Å²) in [6, 6.07) is 4.55. The number of pyridine rings is 1. The minimum absolute atomic E-state index is 0.0526. The molecule has 128 valence electrons. The third-order valence-electron chi connectivity index (χ3n) is 3.98. The average Bonchev–Trinajstić information content (AvgIpc) is 3.33. The van der Waals surface area contributed by atoms with Crippen LogP contribution in [0.3, 0.4) is 0 Å². The van der Waals surface area contributed by atoms with Crippen molar-refractivity contribution in [2.45, 2.75) is 56.8 Å². The summed E-state index contributed by atoms with van der Waals surface area (Å²) in [5, 5.41) is 12.5. The molecular formula is C17H23N5OS. The fourth-order valence-corrected chi connectivity index (χ4v) is 3.50. The van der Waals surface area contributed by atoms with Crippen molar-refractivity contribution in [1.82, 2.24) is 25.1 Å². The van der Waals surface area contributed by atoms with Crippen molar-refractivity contribution in [3.05, 3.63) is 24.5 Å². The highest BCUT2D eigenvalue weighted by atomic mass is 32.2. The maximum absolute atomic E-state index is 12.1. The molecule has 0 unspecified atom stereocenters. The molecule has 3 rings (SSSR count). The highest BCUT2D eigenvalue weighted by Gasteiger charge is 2.30. The van der Waals surface area contributed by atoms with Crippen molar-refractivity contribution in [2.75, 3.05) is 5.75 Å². The number of carbonyl (C=O) groups is 1.